The van der Waals surface area contributed by atoms with E-state index in [0.717, 1.165) is 12.0 Å². The van der Waals surface area contributed by atoms with Gasteiger partial charge in [-0.2, -0.15) is 0 Å². The average Bonchev–Trinajstić information content (AvgIpc) is 2.68. The van der Waals surface area contributed by atoms with Crippen LogP contribution in [-0.2, 0) is 9.59 Å². The van der Waals surface area contributed by atoms with E-state index in [1.165, 1.54) is 0 Å². The Labute approximate surface area is 163 Å². The van der Waals surface area contributed by atoms with Crippen molar-refractivity contribution in [3.8, 4) is 0 Å². The number of rotatable bonds is 9. The van der Waals surface area contributed by atoms with E-state index in [2.05, 4.69) is 10.6 Å². The van der Waals surface area contributed by atoms with Gasteiger partial charge in [0.15, 0.2) is 0 Å². The van der Waals surface area contributed by atoms with E-state index in [9.17, 15) is 14.4 Å². The van der Waals surface area contributed by atoms with Gasteiger partial charge in [-0.3, -0.25) is 10.2 Å². The molecule has 2 rings (SSSR count). The Hall–Kier alpha value is -3.10. The van der Waals surface area contributed by atoms with Crippen molar-refractivity contribution in [3.05, 3.63) is 29.8 Å². The lowest BCUT2D eigenvalue weighted by Gasteiger charge is -2.38. The summed E-state index contributed by atoms with van der Waals surface area (Å²) in [5.41, 5.74) is 6.51. The van der Waals surface area contributed by atoms with Gasteiger partial charge in [0, 0.05) is 42.8 Å². The number of nitrogens with two attached hydrogens (primary N) is 1. The molecule has 0 spiro atoms. The average molecular weight is 389 g/mol. The number of aldehydes is 1. The van der Waals surface area contributed by atoms with Crippen LogP contribution >= 0.6 is 0 Å². The van der Waals surface area contributed by atoms with Crippen LogP contribution in [0.15, 0.2) is 24.3 Å². The number of carboxylic acids is 1. The molecule has 0 atom stereocenters. The predicted molar refractivity (Wildman–Crippen MR) is 106 cm³/mol. The Balaban J connectivity index is 1.78. The van der Waals surface area contributed by atoms with E-state index in [0.29, 0.717) is 44.5 Å². The van der Waals surface area contributed by atoms with Crippen molar-refractivity contribution in [1.82, 2.24) is 10.2 Å². The van der Waals surface area contributed by atoms with Crippen molar-refractivity contribution in [3.63, 3.8) is 0 Å². The molecule has 0 aromatic heterocycles. The van der Waals surface area contributed by atoms with Crippen LogP contribution in [0.4, 0.5) is 10.5 Å². The third kappa shape index (κ3) is 5.97. The summed E-state index contributed by atoms with van der Waals surface area (Å²) in [7, 11) is 0. The number of piperidine rings is 1. The first kappa shape index (κ1) is 21.2. The number of amides is 2. The minimum atomic E-state index is -0.956. The summed E-state index contributed by atoms with van der Waals surface area (Å²) in [4.78, 5) is 35.9. The van der Waals surface area contributed by atoms with Gasteiger partial charge in [0.2, 0.25) is 0 Å². The molecule has 1 aromatic rings. The summed E-state index contributed by atoms with van der Waals surface area (Å²) in [6.45, 7) is 1.63. The highest BCUT2D eigenvalue weighted by Crippen LogP contribution is 2.33. The highest BCUT2D eigenvalue weighted by molar-refractivity contribution is 5.95. The molecule has 1 aliphatic rings. The van der Waals surface area contributed by atoms with E-state index < -0.39 is 11.4 Å². The SMILES string of the molecule is N=C(N)c1ccc(NCCC2(C=O)CCN(C(=O)NCCC(=O)O)CC2)cc1. The molecule has 152 valence electrons. The standard InChI is InChI=1S/C19H27N5O4/c20-17(21)14-1-3-15(4-2-14)22-10-6-19(13-25)7-11-24(12-8-19)18(28)23-9-5-16(26)27/h1-4,13,22H,5-12H2,(H3,20,21)(H,23,28)(H,26,27). The molecule has 6 N–H and O–H groups in total. The van der Waals surface area contributed by atoms with Gasteiger partial charge >= 0.3 is 12.0 Å². The minimum Gasteiger partial charge on any atom is -0.481 e. The minimum absolute atomic E-state index is 0.0187. The summed E-state index contributed by atoms with van der Waals surface area (Å²) in [5, 5.41) is 21.9. The number of likely N-dealkylation sites (tertiary alicyclic amines) is 1. The first-order valence-electron chi connectivity index (χ1n) is 9.24. The normalized spacial score (nSPS) is 15.5. The number of anilines is 1. The molecule has 0 radical (unpaired) electrons. The predicted octanol–water partition coefficient (Wildman–Crippen LogP) is 1.24. The van der Waals surface area contributed by atoms with Crippen molar-refractivity contribution in [2.75, 3.05) is 31.5 Å². The Morgan fingerprint density at radius 1 is 1.21 bits per heavy atom. The number of aliphatic carboxylic acids is 1. The van der Waals surface area contributed by atoms with Gasteiger partial charge in [-0.1, -0.05) is 0 Å². The van der Waals surface area contributed by atoms with Crippen LogP contribution in [0, 0.1) is 10.8 Å². The van der Waals surface area contributed by atoms with Crippen LogP contribution in [0.25, 0.3) is 0 Å². The maximum Gasteiger partial charge on any atom is 0.317 e. The monoisotopic (exact) mass is 389 g/mol. The molecule has 0 bridgehead atoms. The smallest absolute Gasteiger partial charge is 0.317 e. The number of hydrogen-bond acceptors (Lipinski definition) is 5. The topological polar surface area (TPSA) is 149 Å². The summed E-state index contributed by atoms with van der Waals surface area (Å²) in [6, 6.07) is 6.93. The summed E-state index contributed by atoms with van der Waals surface area (Å²) in [5.74, 6) is -0.937. The lowest BCUT2D eigenvalue weighted by molar-refractivity contribution is -0.136. The molecule has 9 heteroatoms. The molecule has 28 heavy (non-hydrogen) atoms. The van der Waals surface area contributed by atoms with Gasteiger partial charge in [0.1, 0.15) is 12.1 Å². The highest BCUT2D eigenvalue weighted by Gasteiger charge is 2.35. The Kier molecular flexibility index (Phi) is 7.36. The molecule has 1 heterocycles. The quantitative estimate of drug-likeness (QED) is 0.244. The van der Waals surface area contributed by atoms with Crippen molar-refractivity contribution < 1.29 is 19.5 Å². The second-order valence-electron chi connectivity index (χ2n) is 7.01. The van der Waals surface area contributed by atoms with Crippen molar-refractivity contribution in [1.29, 1.82) is 5.41 Å². The maximum absolute atomic E-state index is 12.1. The van der Waals surface area contributed by atoms with E-state index in [-0.39, 0.29) is 24.8 Å². The number of nitrogen functional groups attached to an aromatic ring is 1. The molecule has 0 unspecified atom stereocenters. The number of benzene rings is 1. The Bertz CT molecular complexity index is 712. The second kappa shape index (κ2) is 9.72. The van der Waals surface area contributed by atoms with E-state index in [1.54, 1.807) is 17.0 Å². The van der Waals surface area contributed by atoms with Gasteiger partial charge in [-0.25, -0.2) is 4.79 Å². The molecule has 1 fully saturated rings. The number of carboxylic acid groups (broad SMARTS) is 1. The molecule has 0 saturated carbocycles. The van der Waals surface area contributed by atoms with Gasteiger partial charge in [-0.15, -0.1) is 0 Å². The largest absolute Gasteiger partial charge is 0.481 e. The third-order valence-electron chi connectivity index (χ3n) is 5.06. The zero-order valence-corrected chi connectivity index (χ0v) is 15.7. The van der Waals surface area contributed by atoms with Gasteiger partial charge in [-0.05, 0) is 43.5 Å². The fourth-order valence-corrected chi connectivity index (χ4v) is 3.19. The third-order valence-corrected chi connectivity index (χ3v) is 5.06. The molecule has 1 aliphatic heterocycles. The van der Waals surface area contributed by atoms with Crippen molar-refractivity contribution in [2.24, 2.45) is 11.1 Å². The molecule has 1 saturated heterocycles. The Morgan fingerprint density at radius 3 is 2.39 bits per heavy atom. The molecule has 9 nitrogen and oxygen atoms in total. The summed E-state index contributed by atoms with van der Waals surface area (Å²) >= 11 is 0. The van der Waals surface area contributed by atoms with Crippen molar-refractivity contribution >= 4 is 29.8 Å². The van der Waals surface area contributed by atoms with Gasteiger partial charge < -0.3 is 31.2 Å². The number of nitrogens with one attached hydrogen (secondary N) is 3. The lowest BCUT2D eigenvalue weighted by atomic mass is 9.77. The zero-order chi connectivity index (χ0) is 20.6. The number of urea groups is 1. The van der Waals surface area contributed by atoms with Crippen LogP contribution in [0.5, 0.6) is 0 Å². The summed E-state index contributed by atoms with van der Waals surface area (Å²) in [6.07, 6.45) is 2.69. The zero-order valence-electron chi connectivity index (χ0n) is 15.7. The van der Waals surface area contributed by atoms with Crippen LogP contribution in [0.2, 0.25) is 0 Å². The molecule has 2 amide bonds. The van der Waals surface area contributed by atoms with Crippen LogP contribution < -0.4 is 16.4 Å². The van der Waals surface area contributed by atoms with E-state index >= 15 is 0 Å². The molecule has 1 aromatic carbocycles. The first-order chi connectivity index (χ1) is 13.3. The number of carbonyl (C=O) groups is 3. The summed E-state index contributed by atoms with van der Waals surface area (Å²) < 4.78 is 0. The first-order valence-corrected chi connectivity index (χ1v) is 9.24. The number of nitrogens with zero attached hydrogens (tertiary/aromatic N) is 1. The van der Waals surface area contributed by atoms with Crippen molar-refractivity contribution in [2.45, 2.75) is 25.7 Å². The van der Waals surface area contributed by atoms with Crippen LogP contribution in [0.1, 0.15) is 31.2 Å². The molecular formula is C19H27N5O4. The van der Waals surface area contributed by atoms with Gasteiger partial charge in [0.25, 0.3) is 0 Å². The molecule has 0 aliphatic carbocycles. The van der Waals surface area contributed by atoms with E-state index in [4.69, 9.17) is 16.2 Å². The lowest BCUT2D eigenvalue weighted by Crippen LogP contribution is -2.48. The maximum atomic E-state index is 12.1. The number of hydrogen-bond donors (Lipinski definition) is 5. The fourth-order valence-electron chi connectivity index (χ4n) is 3.19. The van der Waals surface area contributed by atoms with Crippen LogP contribution in [0.3, 0.4) is 0 Å². The fraction of sp³-hybridized carbons (Fsp3) is 0.474. The van der Waals surface area contributed by atoms with Gasteiger partial charge in [0.05, 0.1) is 6.42 Å². The Morgan fingerprint density at radius 2 is 1.86 bits per heavy atom. The van der Waals surface area contributed by atoms with Crippen LogP contribution in [-0.4, -0.2) is 60.3 Å². The number of amidine groups is 1. The second-order valence-corrected chi connectivity index (χ2v) is 7.01. The van der Waals surface area contributed by atoms with E-state index in [1.807, 2.05) is 12.1 Å². The number of carbonyl (C=O) groups excluding carboxylic acids is 2. The molecular weight excluding hydrogens is 362 g/mol. The highest BCUT2D eigenvalue weighted by atomic mass is 16.4.